The number of esters is 2. The van der Waals surface area contributed by atoms with E-state index in [4.69, 9.17) is 18.5 Å². The maximum Gasteiger partial charge on any atom is 0.306 e. The van der Waals surface area contributed by atoms with Crippen molar-refractivity contribution in [2.75, 3.05) is 47.5 Å². The first-order valence-electron chi connectivity index (χ1n) is 39.2. The van der Waals surface area contributed by atoms with Gasteiger partial charge in [0.15, 0.2) is 6.10 Å². The second-order valence-electron chi connectivity index (χ2n) is 28.5. The topological polar surface area (TPSA) is 111 Å². The summed E-state index contributed by atoms with van der Waals surface area (Å²) in [6.45, 7) is 4.34. The van der Waals surface area contributed by atoms with Gasteiger partial charge in [-0.15, -0.1) is 0 Å². The van der Waals surface area contributed by atoms with Crippen LogP contribution >= 0.6 is 7.82 Å². The van der Waals surface area contributed by atoms with Crippen LogP contribution < -0.4 is 4.89 Å². The monoisotopic (exact) mass is 1250 g/mol. The van der Waals surface area contributed by atoms with E-state index in [9.17, 15) is 19.0 Å². The molecule has 0 saturated carbocycles. The average molecular weight is 1250 g/mol. The smallest absolute Gasteiger partial charge is 0.306 e. The van der Waals surface area contributed by atoms with E-state index in [1.54, 1.807) is 0 Å². The van der Waals surface area contributed by atoms with Crippen LogP contribution in [0.3, 0.4) is 0 Å². The minimum Gasteiger partial charge on any atom is -0.756 e. The number of nitrogens with zero attached hydrogens (tertiary/aromatic N) is 1. The zero-order valence-corrected chi connectivity index (χ0v) is 60.4. The molecular formula is C77H154NO8P. The summed E-state index contributed by atoms with van der Waals surface area (Å²) in [4.78, 5) is 38.1. The van der Waals surface area contributed by atoms with Crippen LogP contribution in [-0.2, 0) is 32.7 Å². The summed E-state index contributed by atoms with van der Waals surface area (Å²) in [7, 11) is 1.20. The predicted molar refractivity (Wildman–Crippen MR) is 375 cm³/mol. The second-order valence-corrected chi connectivity index (χ2v) is 29.9. The number of phosphoric ester groups is 1. The molecule has 0 aromatic carbocycles. The number of rotatable bonds is 75. The van der Waals surface area contributed by atoms with Gasteiger partial charge in [-0.1, -0.05) is 406 Å². The summed E-state index contributed by atoms with van der Waals surface area (Å²) in [6.07, 6.45) is 85.2. The van der Waals surface area contributed by atoms with Gasteiger partial charge >= 0.3 is 11.9 Å². The summed E-state index contributed by atoms with van der Waals surface area (Å²) in [5.41, 5.74) is 0. The molecule has 87 heavy (non-hydrogen) atoms. The molecule has 0 aliphatic rings. The van der Waals surface area contributed by atoms with Crippen molar-refractivity contribution in [3.63, 3.8) is 0 Å². The minimum absolute atomic E-state index is 0.0247. The van der Waals surface area contributed by atoms with Gasteiger partial charge in [0.1, 0.15) is 19.8 Å². The first-order chi connectivity index (χ1) is 42.5. The highest BCUT2D eigenvalue weighted by Gasteiger charge is 2.22. The van der Waals surface area contributed by atoms with E-state index in [-0.39, 0.29) is 32.0 Å². The third kappa shape index (κ3) is 73.9. The molecular weight excluding hydrogens is 1100 g/mol. The molecule has 0 radical (unpaired) electrons. The van der Waals surface area contributed by atoms with Crippen LogP contribution in [0, 0.1) is 0 Å². The molecule has 0 saturated heterocycles. The Hall–Kier alpha value is -0.990. The summed E-state index contributed by atoms with van der Waals surface area (Å²) < 4.78 is 34.4. The van der Waals surface area contributed by atoms with Gasteiger partial charge in [0.05, 0.1) is 27.7 Å². The van der Waals surface area contributed by atoms with E-state index < -0.39 is 26.5 Å². The Balaban J connectivity index is 3.85. The first-order valence-corrected chi connectivity index (χ1v) is 40.7. The Morgan fingerprint density at radius 1 is 0.310 bits per heavy atom. The van der Waals surface area contributed by atoms with Gasteiger partial charge in [0.2, 0.25) is 0 Å². The molecule has 10 heteroatoms. The van der Waals surface area contributed by atoms with E-state index in [0.717, 1.165) is 32.1 Å². The Bertz CT molecular complexity index is 1420. The Labute approximate surface area is 544 Å². The van der Waals surface area contributed by atoms with Gasteiger partial charge in [-0.2, -0.15) is 0 Å². The molecule has 0 aromatic heterocycles. The molecule has 2 atom stereocenters. The van der Waals surface area contributed by atoms with Gasteiger partial charge < -0.3 is 27.9 Å². The van der Waals surface area contributed by atoms with Crippen molar-refractivity contribution in [2.24, 2.45) is 0 Å². The highest BCUT2D eigenvalue weighted by molar-refractivity contribution is 7.45. The van der Waals surface area contributed by atoms with Crippen LogP contribution in [0.25, 0.3) is 0 Å². The number of carbonyl (C=O) groups is 2. The molecule has 0 N–H and O–H groups in total. The van der Waals surface area contributed by atoms with Crippen LogP contribution in [-0.4, -0.2) is 70.0 Å². The van der Waals surface area contributed by atoms with Crippen LogP contribution in [0.5, 0.6) is 0 Å². The quantitative estimate of drug-likeness (QED) is 0.0256. The van der Waals surface area contributed by atoms with Crippen molar-refractivity contribution >= 4 is 19.8 Å². The molecule has 520 valence electrons. The fraction of sp³-hybridized carbons (Fsp3) is 0.974. The molecule has 9 nitrogen and oxygen atoms in total. The lowest BCUT2D eigenvalue weighted by molar-refractivity contribution is -0.870. The fourth-order valence-corrected chi connectivity index (χ4v) is 13.1. The van der Waals surface area contributed by atoms with Gasteiger partial charge in [-0.05, 0) is 12.8 Å². The third-order valence-electron chi connectivity index (χ3n) is 18.4. The molecule has 0 amide bonds. The molecule has 2 unspecified atom stereocenters. The van der Waals surface area contributed by atoms with Gasteiger partial charge in [-0.25, -0.2) is 0 Å². The van der Waals surface area contributed by atoms with E-state index in [1.165, 1.54) is 366 Å². The Morgan fingerprint density at radius 3 is 0.736 bits per heavy atom. The zero-order chi connectivity index (χ0) is 63.4. The molecule has 0 spiro atoms. The lowest BCUT2D eigenvalue weighted by Gasteiger charge is -2.28. The van der Waals surface area contributed by atoms with E-state index in [0.29, 0.717) is 17.4 Å². The molecule has 0 aliphatic heterocycles. The maximum atomic E-state index is 12.9. The largest absolute Gasteiger partial charge is 0.756 e. The maximum absolute atomic E-state index is 12.9. The molecule has 0 aliphatic carbocycles. The first kappa shape index (κ1) is 86.0. The number of phosphoric acid groups is 1. The highest BCUT2D eigenvalue weighted by atomic mass is 31.2. The number of ether oxygens (including phenoxy) is 2. The SMILES string of the molecule is CCCCCCCCCCCCCCCCCCCCCCCCCCCCCCCCCCCCCCCCCCC(=O)OC(COC(=O)CCCCCCCCCCCCCCCCCCCCCCCCC)COP(=O)([O-])OCC[N+](C)(C)C. The normalized spacial score (nSPS) is 12.9. The summed E-state index contributed by atoms with van der Waals surface area (Å²) in [6, 6.07) is 0. The molecule has 0 fully saturated rings. The average Bonchev–Trinajstić information content (AvgIpc) is 3.56. The highest BCUT2D eigenvalue weighted by Crippen LogP contribution is 2.38. The number of quaternary nitrogens is 1. The van der Waals surface area contributed by atoms with Crippen molar-refractivity contribution < 1.29 is 42.1 Å². The molecule has 0 aromatic rings. The lowest BCUT2D eigenvalue weighted by atomic mass is 10.0. The van der Waals surface area contributed by atoms with Crippen LogP contribution in [0.1, 0.15) is 431 Å². The van der Waals surface area contributed by atoms with Crippen LogP contribution in [0.15, 0.2) is 0 Å². The molecule has 0 bridgehead atoms. The fourth-order valence-electron chi connectivity index (χ4n) is 12.4. The Morgan fingerprint density at radius 2 is 0.517 bits per heavy atom. The summed E-state index contributed by atoms with van der Waals surface area (Å²) in [5, 5.41) is 0. The van der Waals surface area contributed by atoms with Gasteiger partial charge in [-0.3, -0.25) is 14.2 Å². The number of hydrogen-bond acceptors (Lipinski definition) is 8. The standard InChI is InChI=1S/C77H154NO8P/c1-6-8-10-12-14-16-18-20-22-24-26-28-30-31-32-33-34-35-36-37-38-39-40-41-42-43-44-45-46-48-50-52-54-56-58-60-62-64-66-68-70-77(80)86-75(74-85-87(81,82)84-72-71-78(3,4)5)73-83-76(79)69-67-65-63-61-59-57-55-53-51-49-47-29-27-25-23-21-19-17-15-13-11-9-7-2/h75H,6-74H2,1-5H3. The lowest BCUT2D eigenvalue weighted by Crippen LogP contribution is -2.37. The predicted octanol–water partition coefficient (Wildman–Crippen LogP) is 25.0. The molecule has 0 heterocycles. The van der Waals surface area contributed by atoms with Crippen LogP contribution in [0.4, 0.5) is 0 Å². The number of hydrogen-bond donors (Lipinski definition) is 0. The number of likely N-dealkylation sites (N-methyl/N-ethyl adjacent to an activating group) is 1. The number of carbonyl (C=O) groups excluding carboxylic acids is 2. The van der Waals surface area contributed by atoms with E-state index in [1.807, 2.05) is 21.1 Å². The summed E-state index contributed by atoms with van der Waals surface area (Å²) >= 11 is 0. The van der Waals surface area contributed by atoms with Crippen molar-refractivity contribution in [1.82, 2.24) is 0 Å². The second kappa shape index (κ2) is 69.4. The third-order valence-corrected chi connectivity index (χ3v) is 19.3. The van der Waals surface area contributed by atoms with E-state index in [2.05, 4.69) is 13.8 Å². The van der Waals surface area contributed by atoms with Crippen molar-refractivity contribution in [3.05, 3.63) is 0 Å². The number of unbranched alkanes of at least 4 members (excludes halogenated alkanes) is 61. The van der Waals surface area contributed by atoms with Crippen molar-refractivity contribution in [1.29, 1.82) is 0 Å². The Kier molecular flexibility index (Phi) is 68.6. The summed E-state index contributed by atoms with van der Waals surface area (Å²) in [5.74, 6) is -0.802. The van der Waals surface area contributed by atoms with Crippen molar-refractivity contribution in [2.45, 2.75) is 437 Å². The van der Waals surface area contributed by atoms with E-state index >= 15 is 0 Å². The van der Waals surface area contributed by atoms with Gasteiger partial charge in [0.25, 0.3) is 7.82 Å². The van der Waals surface area contributed by atoms with Crippen LogP contribution in [0.2, 0.25) is 0 Å². The van der Waals surface area contributed by atoms with Crippen molar-refractivity contribution in [3.8, 4) is 0 Å². The van der Waals surface area contributed by atoms with Gasteiger partial charge in [0, 0.05) is 12.8 Å². The minimum atomic E-state index is -4.64. The molecule has 0 rings (SSSR count). The zero-order valence-electron chi connectivity index (χ0n) is 59.5.